The summed E-state index contributed by atoms with van der Waals surface area (Å²) in [6.07, 6.45) is 6.95. The van der Waals surface area contributed by atoms with Gasteiger partial charge in [0.25, 0.3) is 0 Å². The van der Waals surface area contributed by atoms with E-state index in [1.165, 1.54) is 6.42 Å². The van der Waals surface area contributed by atoms with Crippen LogP contribution in [-0.2, 0) is 20.5 Å². The van der Waals surface area contributed by atoms with Gasteiger partial charge >= 0.3 is 5.97 Å². The first-order chi connectivity index (χ1) is 13.3. The number of piperidine rings is 1. The molecule has 2 aliphatic rings. The summed E-state index contributed by atoms with van der Waals surface area (Å²) in [5.41, 5.74) is 1.31. The van der Waals surface area contributed by atoms with Crippen LogP contribution in [0.15, 0.2) is 60.7 Å². The molecule has 4 rings (SSSR count). The first-order valence-corrected chi connectivity index (χ1v) is 10.4. The summed E-state index contributed by atoms with van der Waals surface area (Å²) in [5.74, 6) is -0.0147. The highest BCUT2D eigenvalue weighted by atomic mass is 16.6. The zero-order valence-corrected chi connectivity index (χ0v) is 16.0. The maximum absolute atomic E-state index is 13.7. The fourth-order valence-corrected chi connectivity index (χ4v) is 4.93. The zero-order chi connectivity index (χ0) is 18.6. The molecule has 1 aliphatic carbocycles. The van der Waals surface area contributed by atoms with E-state index in [1.54, 1.807) is 0 Å². The number of benzene rings is 2. The molecule has 1 saturated heterocycles. The number of esters is 1. The van der Waals surface area contributed by atoms with Crippen LogP contribution in [0.4, 0.5) is 0 Å². The lowest BCUT2D eigenvalue weighted by Gasteiger charge is -2.42. The Morgan fingerprint density at radius 1 is 0.741 bits per heavy atom. The van der Waals surface area contributed by atoms with E-state index in [4.69, 9.17) is 4.74 Å². The normalized spacial score (nSPS) is 21.3. The van der Waals surface area contributed by atoms with Crippen molar-refractivity contribution in [2.75, 3.05) is 13.1 Å². The van der Waals surface area contributed by atoms with Gasteiger partial charge in [-0.3, -0.25) is 4.79 Å². The van der Waals surface area contributed by atoms with Crippen LogP contribution in [0.3, 0.4) is 0 Å². The molecule has 1 heterocycles. The largest absolute Gasteiger partial charge is 0.453 e. The molecule has 2 N–H and O–H groups in total. The van der Waals surface area contributed by atoms with Gasteiger partial charge in [-0.2, -0.15) is 0 Å². The highest BCUT2D eigenvalue weighted by Crippen LogP contribution is 2.44. The molecule has 27 heavy (non-hydrogen) atoms. The monoisotopic (exact) mass is 364 g/mol. The maximum atomic E-state index is 13.7. The van der Waals surface area contributed by atoms with Crippen molar-refractivity contribution in [3.8, 4) is 0 Å². The molecule has 0 radical (unpaired) electrons. The molecule has 2 aromatic carbocycles. The van der Waals surface area contributed by atoms with E-state index >= 15 is 0 Å². The minimum Gasteiger partial charge on any atom is -0.453 e. The predicted octanol–water partition coefficient (Wildman–Crippen LogP) is 3.68. The minimum atomic E-state index is -0.484. The number of carbonyl (C=O) groups excluding carboxylic acids is 1. The van der Waals surface area contributed by atoms with Crippen LogP contribution in [0.5, 0.6) is 0 Å². The summed E-state index contributed by atoms with van der Waals surface area (Å²) in [4.78, 5) is 13.7. The highest BCUT2D eigenvalue weighted by molar-refractivity contribution is 5.84. The second-order valence-electron chi connectivity index (χ2n) is 8.12. The van der Waals surface area contributed by atoms with Gasteiger partial charge in [-0.05, 0) is 24.0 Å². The second kappa shape index (κ2) is 7.85. The van der Waals surface area contributed by atoms with E-state index in [-0.39, 0.29) is 5.97 Å². The number of quaternary nitrogens is 1. The van der Waals surface area contributed by atoms with Gasteiger partial charge in [0, 0.05) is 12.8 Å². The van der Waals surface area contributed by atoms with Crippen molar-refractivity contribution in [3.63, 3.8) is 0 Å². The van der Waals surface area contributed by atoms with Crippen molar-refractivity contribution in [1.82, 2.24) is 0 Å². The summed E-state index contributed by atoms with van der Waals surface area (Å²) >= 11 is 0. The van der Waals surface area contributed by atoms with Gasteiger partial charge in [0.05, 0.1) is 18.5 Å². The van der Waals surface area contributed by atoms with Gasteiger partial charge in [-0.25, -0.2) is 0 Å². The lowest BCUT2D eigenvalue weighted by Crippen LogP contribution is -2.87. The molecular formula is C24H30NO2+. The van der Waals surface area contributed by atoms with E-state index in [1.807, 2.05) is 24.3 Å². The van der Waals surface area contributed by atoms with Crippen LogP contribution in [0.2, 0.25) is 0 Å². The van der Waals surface area contributed by atoms with Gasteiger partial charge in [0.15, 0.2) is 0 Å². The molecule has 0 atom stereocenters. The molecular weight excluding hydrogens is 334 g/mol. The molecule has 2 aromatic rings. The Labute approximate surface area is 162 Å². The van der Waals surface area contributed by atoms with Crippen molar-refractivity contribution in [3.05, 3.63) is 71.8 Å². The third-order valence-corrected chi connectivity index (χ3v) is 6.52. The maximum Gasteiger partial charge on any atom is 0.317 e. The molecule has 1 aliphatic heterocycles. The van der Waals surface area contributed by atoms with Crippen LogP contribution in [0, 0.1) is 0 Å². The standard InChI is InChI=1S/C24H29NO2/c26-22(23(14-8-3-9-15-23)20-10-4-1-5-11-20)27-24(16-18-25-19-17-24)21-12-6-2-7-13-21/h1-2,4-7,10-13,25H,3,8-9,14-19H2/p+1. The molecule has 0 aromatic heterocycles. The third-order valence-electron chi connectivity index (χ3n) is 6.52. The van der Waals surface area contributed by atoms with E-state index in [0.29, 0.717) is 0 Å². The zero-order valence-electron chi connectivity index (χ0n) is 16.0. The summed E-state index contributed by atoms with van der Waals surface area (Å²) in [6.45, 7) is 2.00. The number of hydrogen-bond acceptors (Lipinski definition) is 2. The average molecular weight is 365 g/mol. The Bertz CT molecular complexity index is 744. The van der Waals surface area contributed by atoms with Crippen molar-refractivity contribution >= 4 is 5.97 Å². The SMILES string of the molecule is O=C(OC1(c2ccccc2)CC[NH2+]CC1)C1(c2ccccc2)CCCCC1. The quantitative estimate of drug-likeness (QED) is 0.841. The Kier molecular flexibility index (Phi) is 5.31. The van der Waals surface area contributed by atoms with Gasteiger partial charge in [-0.15, -0.1) is 0 Å². The molecule has 1 saturated carbocycles. The number of rotatable bonds is 4. The lowest BCUT2D eigenvalue weighted by molar-refractivity contribution is -0.668. The van der Waals surface area contributed by atoms with E-state index < -0.39 is 11.0 Å². The second-order valence-corrected chi connectivity index (χ2v) is 8.12. The molecule has 0 amide bonds. The van der Waals surface area contributed by atoms with Crippen LogP contribution in [-0.4, -0.2) is 19.1 Å². The molecule has 142 valence electrons. The van der Waals surface area contributed by atoms with Crippen LogP contribution >= 0.6 is 0 Å². The smallest absolute Gasteiger partial charge is 0.317 e. The minimum absolute atomic E-state index is 0.0147. The van der Waals surface area contributed by atoms with E-state index in [9.17, 15) is 4.79 Å². The van der Waals surface area contributed by atoms with E-state index in [2.05, 4.69) is 41.7 Å². The lowest BCUT2D eigenvalue weighted by atomic mass is 9.69. The molecule has 3 heteroatoms. The number of ether oxygens (including phenoxy) is 1. The van der Waals surface area contributed by atoms with Crippen molar-refractivity contribution in [2.24, 2.45) is 0 Å². The molecule has 0 unspecified atom stereocenters. The van der Waals surface area contributed by atoms with Crippen molar-refractivity contribution in [1.29, 1.82) is 0 Å². The number of hydrogen-bond donors (Lipinski definition) is 1. The van der Waals surface area contributed by atoms with Crippen LogP contribution < -0.4 is 5.32 Å². The first-order valence-electron chi connectivity index (χ1n) is 10.4. The fourth-order valence-electron chi connectivity index (χ4n) is 4.93. The van der Waals surface area contributed by atoms with Gasteiger partial charge < -0.3 is 10.1 Å². The Morgan fingerprint density at radius 2 is 1.30 bits per heavy atom. The number of carbonyl (C=O) groups is 1. The summed E-state index contributed by atoms with van der Waals surface area (Å²) in [6, 6.07) is 20.7. The first kappa shape index (κ1) is 18.2. The summed E-state index contributed by atoms with van der Waals surface area (Å²) < 4.78 is 6.50. The Balaban J connectivity index is 1.68. The summed E-state index contributed by atoms with van der Waals surface area (Å²) in [7, 11) is 0. The topological polar surface area (TPSA) is 42.9 Å². The van der Waals surface area contributed by atoms with Crippen LogP contribution in [0.25, 0.3) is 0 Å². The van der Waals surface area contributed by atoms with Crippen LogP contribution in [0.1, 0.15) is 56.1 Å². The molecule has 2 fully saturated rings. The predicted molar refractivity (Wildman–Crippen MR) is 106 cm³/mol. The van der Waals surface area contributed by atoms with Gasteiger partial charge in [-0.1, -0.05) is 79.9 Å². The van der Waals surface area contributed by atoms with E-state index in [0.717, 1.165) is 62.7 Å². The van der Waals surface area contributed by atoms with Crippen molar-refractivity contribution < 1.29 is 14.8 Å². The van der Waals surface area contributed by atoms with Crippen molar-refractivity contribution in [2.45, 2.75) is 56.0 Å². The molecule has 0 bridgehead atoms. The Hall–Kier alpha value is -2.13. The van der Waals surface area contributed by atoms with Gasteiger partial charge in [0.2, 0.25) is 0 Å². The fraction of sp³-hybridized carbons (Fsp3) is 0.458. The molecule has 3 nitrogen and oxygen atoms in total. The third kappa shape index (κ3) is 3.53. The Morgan fingerprint density at radius 3 is 1.89 bits per heavy atom. The van der Waals surface area contributed by atoms with Gasteiger partial charge in [0.1, 0.15) is 5.60 Å². The highest BCUT2D eigenvalue weighted by Gasteiger charge is 2.48. The number of nitrogens with two attached hydrogens (primary N) is 1. The summed E-state index contributed by atoms with van der Waals surface area (Å²) in [5, 5.41) is 2.32. The molecule has 0 spiro atoms. The average Bonchev–Trinajstić information content (AvgIpc) is 2.76.